The number of hydrogen-bond donors (Lipinski definition) is 2. The van der Waals surface area contributed by atoms with Crippen molar-refractivity contribution in [1.82, 2.24) is 14.3 Å². The molecule has 0 saturated carbocycles. The van der Waals surface area contributed by atoms with E-state index in [-0.39, 0.29) is 17.0 Å². The van der Waals surface area contributed by atoms with Crippen LogP contribution in [0, 0.1) is 6.92 Å². The van der Waals surface area contributed by atoms with Crippen molar-refractivity contribution in [1.29, 1.82) is 0 Å². The van der Waals surface area contributed by atoms with Gasteiger partial charge in [-0.3, -0.25) is 0 Å². The third kappa shape index (κ3) is 7.33. The molecule has 0 amide bonds. The number of aromatic nitrogens is 3. The summed E-state index contributed by atoms with van der Waals surface area (Å²) >= 11 is 0. The summed E-state index contributed by atoms with van der Waals surface area (Å²) in [6, 6.07) is 11.7. The predicted molar refractivity (Wildman–Crippen MR) is 123 cm³/mol. The zero-order valence-electron chi connectivity index (χ0n) is 19.3. The van der Waals surface area contributed by atoms with Crippen LogP contribution in [0.15, 0.2) is 70.1 Å². The zero-order chi connectivity index (χ0) is 28.1. The summed E-state index contributed by atoms with van der Waals surface area (Å²) in [5, 5.41) is 11.0. The Morgan fingerprint density at radius 2 is 1.68 bits per heavy atom. The van der Waals surface area contributed by atoms with Crippen LogP contribution in [0.1, 0.15) is 5.56 Å². The minimum atomic E-state index is -5.08. The standard InChI is InChI=1S/C20H20F2N4O3S.C2HF3O2/c1-13-17(14-6-8-16(9-7-14)30(2,28)29)4-3-5-18(13)25-12-24-26(20(25)27)11-15(10-23)19(21)22;3-2(4,5)1(6)7/h3-9,12H,10-11,23H2,1-2H3;(H,6,7). The molecule has 0 unspecified atom stereocenters. The summed E-state index contributed by atoms with van der Waals surface area (Å²) in [7, 11) is -3.31. The molecule has 0 fully saturated rings. The molecule has 3 rings (SSSR count). The second kappa shape index (κ2) is 11.5. The van der Waals surface area contributed by atoms with E-state index in [9.17, 15) is 35.2 Å². The van der Waals surface area contributed by atoms with Gasteiger partial charge in [-0.05, 0) is 41.8 Å². The number of hydrogen-bond acceptors (Lipinski definition) is 6. The van der Waals surface area contributed by atoms with Gasteiger partial charge in [-0.1, -0.05) is 24.3 Å². The fourth-order valence-corrected chi connectivity index (χ4v) is 3.70. The van der Waals surface area contributed by atoms with E-state index in [0.717, 1.165) is 27.6 Å². The average Bonchev–Trinajstić information content (AvgIpc) is 3.16. The van der Waals surface area contributed by atoms with E-state index in [4.69, 9.17) is 15.6 Å². The van der Waals surface area contributed by atoms with Crippen molar-refractivity contribution >= 4 is 15.8 Å². The monoisotopic (exact) mass is 548 g/mol. The van der Waals surface area contributed by atoms with Crippen molar-refractivity contribution < 1.29 is 40.3 Å². The number of nitrogens with two attached hydrogens (primary N) is 1. The van der Waals surface area contributed by atoms with E-state index < -0.39 is 40.3 Å². The molecule has 1 heterocycles. The van der Waals surface area contributed by atoms with E-state index in [1.54, 1.807) is 24.3 Å². The molecule has 0 aliphatic carbocycles. The highest BCUT2D eigenvalue weighted by atomic mass is 32.2. The Bertz CT molecular complexity index is 1470. The second-order valence-electron chi connectivity index (χ2n) is 7.56. The highest BCUT2D eigenvalue weighted by Gasteiger charge is 2.38. The van der Waals surface area contributed by atoms with Crippen LogP contribution < -0.4 is 11.4 Å². The van der Waals surface area contributed by atoms with E-state index in [1.165, 1.54) is 23.0 Å². The van der Waals surface area contributed by atoms with E-state index >= 15 is 0 Å². The second-order valence-corrected chi connectivity index (χ2v) is 9.57. The van der Waals surface area contributed by atoms with Crippen molar-refractivity contribution in [3.05, 3.63) is 76.5 Å². The van der Waals surface area contributed by atoms with Crippen molar-refractivity contribution in [2.24, 2.45) is 5.73 Å². The Labute approximate surface area is 207 Å². The van der Waals surface area contributed by atoms with Crippen LogP contribution in [0.3, 0.4) is 0 Å². The number of rotatable bonds is 6. The summed E-state index contributed by atoms with van der Waals surface area (Å²) in [4.78, 5) is 21.8. The van der Waals surface area contributed by atoms with Crippen molar-refractivity contribution in [2.75, 3.05) is 12.8 Å². The Morgan fingerprint density at radius 1 is 1.11 bits per heavy atom. The largest absolute Gasteiger partial charge is 0.490 e. The smallest absolute Gasteiger partial charge is 0.475 e. The minimum absolute atomic E-state index is 0.210. The topological polar surface area (TPSA) is 137 Å². The van der Waals surface area contributed by atoms with Gasteiger partial charge in [0.05, 0.1) is 17.1 Å². The molecule has 3 N–H and O–H groups in total. The lowest BCUT2D eigenvalue weighted by Crippen LogP contribution is -2.26. The molecule has 9 nitrogen and oxygen atoms in total. The first-order chi connectivity index (χ1) is 17.1. The van der Waals surface area contributed by atoms with Crippen molar-refractivity contribution in [3.63, 3.8) is 0 Å². The maximum absolute atomic E-state index is 12.9. The molecule has 0 saturated heterocycles. The maximum Gasteiger partial charge on any atom is 0.490 e. The van der Waals surface area contributed by atoms with Gasteiger partial charge in [0.25, 0.3) is 6.08 Å². The summed E-state index contributed by atoms with van der Waals surface area (Å²) < 4.78 is 83.0. The van der Waals surface area contributed by atoms with Crippen molar-refractivity contribution in [3.8, 4) is 16.8 Å². The summed E-state index contributed by atoms with van der Waals surface area (Å²) in [5.74, 6) is -2.76. The lowest BCUT2D eigenvalue weighted by molar-refractivity contribution is -0.192. The van der Waals surface area contributed by atoms with Gasteiger partial charge in [0.2, 0.25) is 0 Å². The maximum atomic E-state index is 12.9. The molecule has 37 heavy (non-hydrogen) atoms. The quantitative estimate of drug-likeness (QED) is 0.452. The summed E-state index contributed by atoms with van der Waals surface area (Å²) in [5.41, 5.74) is 7.23. The average molecular weight is 548 g/mol. The molecule has 1 aromatic heterocycles. The first-order valence-corrected chi connectivity index (χ1v) is 12.0. The Morgan fingerprint density at radius 3 is 2.14 bits per heavy atom. The van der Waals surface area contributed by atoms with Gasteiger partial charge in [-0.25, -0.2) is 27.3 Å². The lowest BCUT2D eigenvalue weighted by atomic mass is 9.99. The zero-order valence-corrected chi connectivity index (χ0v) is 20.1. The van der Waals surface area contributed by atoms with Crippen molar-refractivity contribution in [2.45, 2.75) is 24.5 Å². The third-order valence-corrected chi connectivity index (χ3v) is 6.12. The number of aliphatic carboxylic acids is 1. The summed E-state index contributed by atoms with van der Waals surface area (Å²) in [6.45, 7) is 1.04. The van der Waals surface area contributed by atoms with Crippen LogP contribution in [-0.2, 0) is 21.2 Å². The lowest BCUT2D eigenvalue weighted by Gasteiger charge is -2.12. The molecule has 2 aromatic carbocycles. The number of carboxylic acids is 1. The molecule has 0 bridgehead atoms. The number of alkyl halides is 3. The minimum Gasteiger partial charge on any atom is -0.475 e. The molecule has 15 heteroatoms. The molecule has 0 aliphatic heterocycles. The summed E-state index contributed by atoms with van der Waals surface area (Å²) in [6.07, 6.45) is -4.60. The highest BCUT2D eigenvalue weighted by molar-refractivity contribution is 7.90. The van der Waals surface area contributed by atoms with Gasteiger partial charge in [0.1, 0.15) is 6.33 Å². The van der Waals surface area contributed by atoms with Gasteiger partial charge in [-0.15, -0.1) is 0 Å². The van der Waals surface area contributed by atoms with E-state index in [1.807, 2.05) is 13.0 Å². The van der Waals surface area contributed by atoms with Crippen LogP contribution in [0.4, 0.5) is 22.0 Å². The fourth-order valence-electron chi connectivity index (χ4n) is 3.07. The van der Waals surface area contributed by atoms with Gasteiger partial charge in [0, 0.05) is 18.4 Å². The van der Waals surface area contributed by atoms with Crippen LogP contribution in [0.2, 0.25) is 0 Å². The SMILES string of the molecule is Cc1c(-c2ccc(S(C)(=O)=O)cc2)cccc1-n1cnn(CC(CN)=C(F)F)c1=O.O=C(O)C(F)(F)F. The van der Waals surface area contributed by atoms with Gasteiger partial charge < -0.3 is 10.8 Å². The Hall–Kier alpha value is -3.85. The van der Waals surface area contributed by atoms with E-state index in [0.29, 0.717) is 5.69 Å². The predicted octanol–water partition coefficient (Wildman–Crippen LogP) is 3.16. The number of carboxylic acid groups (broad SMARTS) is 1. The molecule has 3 aromatic rings. The fraction of sp³-hybridized carbons (Fsp3) is 0.227. The molecule has 0 aliphatic rings. The van der Waals surface area contributed by atoms with Gasteiger partial charge >= 0.3 is 17.8 Å². The van der Waals surface area contributed by atoms with Crippen LogP contribution in [-0.4, -0.2) is 52.8 Å². The van der Waals surface area contributed by atoms with Gasteiger partial charge in [-0.2, -0.15) is 27.1 Å². The Balaban J connectivity index is 0.000000604. The van der Waals surface area contributed by atoms with E-state index in [2.05, 4.69) is 5.10 Å². The van der Waals surface area contributed by atoms with Crippen LogP contribution in [0.25, 0.3) is 16.8 Å². The molecule has 0 atom stereocenters. The number of sulfone groups is 1. The first kappa shape index (κ1) is 29.4. The molecular weight excluding hydrogens is 527 g/mol. The Kier molecular flexibility index (Phi) is 9.11. The normalized spacial score (nSPS) is 11.5. The van der Waals surface area contributed by atoms with Gasteiger partial charge in [0.15, 0.2) is 9.84 Å². The van der Waals surface area contributed by atoms with Crippen LogP contribution in [0.5, 0.6) is 0 Å². The molecule has 0 radical (unpaired) electrons. The number of carbonyl (C=O) groups is 1. The molecule has 0 spiro atoms. The molecular formula is C22H21F5N4O5S. The first-order valence-electron chi connectivity index (χ1n) is 10.2. The molecule has 200 valence electrons. The number of nitrogens with zero attached hydrogens (tertiary/aromatic N) is 3. The third-order valence-electron chi connectivity index (χ3n) is 4.99. The van der Waals surface area contributed by atoms with Crippen LogP contribution >= 0.6 is 0 Å². The number of halogens is 5. The number of benzene rings is 2. The highest BCUT2D eigenvalue weighted by Crippen LogP contribution is 2.28.